The third-order valence-electron chi connectivity index (χ3n) is 1.21. The van der Waals surface area contributed by atoms with E-state index in [9.17, 15) is 0 Å². The number of anilines is 1. The molecule has 1 rings (SSSR count). The molecule has 0 unspecified atom stereocenters. The minimum atomic E-state index is 0.0359. The van der Waals surface area contributed by atoms with Crippen molar-refractivity contribution in [2.24, 2.45) is 0 Å². The third-order valence-corrected chi connectivity index (χ3v) is 1.21. The zero-order chi connectivity index (χ0) is 8.10. The van der Waals surface area contributed by atoms with E-state index in [2.05, 4.69) is 0 Å². The second-order valence-corrected chi connectivity index (χ2v) is 1.98. The highest BCUT2D eigenvalue weighted by molar-refractivity contribution is 5.51. The third kappa shape index (κ3) is 1.87. The molecular weight excluding hydrogens is 140 g/mol. The summed E-state index contributed by atoms with van der Waals surface area (Å²) in [5.41, 5.74) is 6.09. The van der Waals surface area contributed by atoms with Crippen LogP contribution in [0.1, 0.15) is 0 Å². The Labute approximate surface area is 65.0 Å². The number of ether oxygens (including phenoxy) is 1. The molecule has 0 aromatic heterocycles. The second kappa shape index (κ2) is 3.47. The van der Waals surface area contributed by atoms with Crippen molar-refractivity contribution in [2.75, 3.05) is 12.3 Å². The van der Waals surface area contributed by atoms with Crippen LogP contribution in [-0.2, 0) is 0 Å². The fourth-order valence-corrected chi connectivity index (χ4v) is 0.722. The van der Waals surface area contributed by atoms with Gasteiger partial charge in [0.2, 0.25) is 0 Å². The standard InChI is InChI=1S/C8H8N2O/c9-5-6-11-8-4-2-1-3-7(8)10/h1-4H,6,10H2. The predicted molar refractivity (Wildman–Crippen MR) is 42.0 cm³/mol. The van der Waals surface area contributed by atoms with Crippen LogP contribution in [0.4, 0.5) is 5.69 Å². The number of nitrogen functional groups attached to an aromatic ring is 1. The van der Waals surface area contributed by atoms with Crippen LogP contribution in [0.3, 0.4) is 0 Å². The molecule has 0 radical (unpaired) electrons. The largest absolute Gasteiger partial charge is 0.477 e. The summed E-state index contributed by atoms with van der Waals surface area (Å²) in [4.78, 5) is 0. The highest BCUT2D eigenvalue weighted by Crippen LogP contribution is 2.18. The number of benzene rings is 1. The Bertz CT molecular complexity index is 278. The van der Waals surface area contributed by atoms with E-state index in [1.54, 1.807) is 12.1 Å². The lowest BCUT2D eigenvalue weighted by Gasteiger charge is -2.02. The molecule has 0 spiro atoms. The Morgan fingerprint density at radius 2 is 2.18 bits per heavy atom. The van der Waals surface area contributed by atoms with Crippen molar-refractivity contribution in [3.63, 3.8) is 0 Å². The molecule has 3 nitrogen and oxygen atoms in total. The smallest absolute Gasteiger partial charge is 0.174 e. The van der Waals surface area contributed by atoms with E-state index in [1.165, 1.54) is 0 Å². The van der Waals surface area contributed by atoms with Crippen LogP contribution in [0.25, 0.3) is 0 Å². The molecule has 56 valence electrons. The van der Waals surface area contributed by atoms with Gasteiger partial charge in [0.25, 0.3) is 0 Å². The molecule has 0 aliphatic rings. The summed E-state index contributed by atoms with van der Waals surface area (Å²) in [6, 6.07) is 8.95. The highest BCUT2D eigenvalue weighted by atomic mass is 16.5. The summed E-state index contributed by atoms with van der Waals surface area (Å²) < 4.78 is 5.00. The summed E-state index contributed by atoms with van der Waals surface area (Å²) in [6.45, 7) is 0.0359. The van der Waals surface area contributed by atoms with Crippen LogP contribution < -0.4 is 10.5 Å². The second-order valence-electron chi connectivity index (χ2n) is 1.98. The Balaban J connectivity index is 2.71. The predicted octanol–water partition coefficient (Wildman–Crippen LogP) is 1.17. The van der Waals surface area contributed by atoms with Gasteiger partial charge in [-0.1, -0.05) is 12.1 Å². The van der Waals surface area contributed by atoms with Crippen molar-refractivity contribution in [1.29, 1.82) is 5.26 Å². The van der Waals surface area contributed by atoms with Crippen molar-refractivity contribution >= 4 is 5.69 Å². The van der Waals surface area contributed by atoms with E-state index in [1.807, 2.05) is 18.2 Å². The first-order valence-corrected chi connectivity index (χ1v) is 3.19. The van der Waals surface area contributed by atoms with Crippen LogP contribution >= 0.6 is 0 Å². The number of nitrogens with zero attached hydrogens (tertiary/aromatic N) is 1. The van der Waals surface area contributed by atoms with Gasteiger partial charge < -0.3 is 10.5 Å². The maximum absolute atomic E-state index is 8.20. The van der Waals surface area contributed by atoms with Gasteiger partial charge in [-0.25, -0.2) is 0 Å². The molecule has 11 heavy (non-hydrogen) atoms. The summed E-state index contributed by atoms with van der Waals surface area (Å²) in [5.74, 6) is 0.564. The van der Waals surface area contributed by atoms with Crippen LogP contribution in [0.15, 0.2) is 24.3 Å². The van der Waals surface area contributed by atoms with E-state index in [0.29, 0.717) is 11.4 Å². The van der Waals surface area contributed by atoms with Gasteiger partial charge in [0.15, 0.2) is 6.61 Å². The summed E-state index contributed by atoms with van der Waals surface area (Å²) in [7, 11) is 0. The molecule has 0 atom stereocenters. The van der Waals surface area contributed by atoms with Crippen molar-refractivity contribution in [3.05, 3.63) is 24.3 Å². The number of para-hydroxylation sites is 2. The fraction of sp³-hybridized carbons (Fsp3) is 0.125. The lowest BCUT2D eigenvalue weighted by Crippen LogP contribution is -1.96. The van der Waals surface area contributed by atoms with Crippen LogP contribution in [0.2, 0.25) is 0 Å². The van der Waals surface area contributed by atoms with Crippen molar-refractivity contribution in [1.82, 2.24) is 0 Å². The van der Waals surface area contributed by atoms with Crippen LogP contribution in [0, 0.1) is 11.3 Å². The number of hydrogen-bond donors (Lipinski definition) is 1. The molecule has 0 saturated heterocycles. The Hall–Kier alpha value is -1.69. The first-order valence-electron chi connectivity index (χ1n) is 3.19. The Morgan fingerprint density at radius 3 is 2.82 bits per heavy atom. The highest BCUT2D eigenvalue weighted by Gasteiger charge is 1.95. The first-order chi connectivity index (χ1) is 5.34. The normalized spacial score (nSPS) is 8.64. The first kappa shape index (κ1) is 7.42. The van der Waals surface area contributed by atoms with Gasteiger partial charge >= 0.3 is 0 Å². The minimum absolute atomic E-state index is 0.0359. The SMILES string of the molecule is N#CCOc1ccccc1N. The summed E-state index contributed by atoms with van der Waals surface area (Å²) in [5, 5.41) is 8.20. The Morgan fingerprint density at radius 1 is 1.45 bits per heavy atom. The minimum Gasteiger partial charge on any atom is -0.477 e. The molecule has 0 aliphatic carbocycles. The molecule has 1 aromatic rings. The molecule has 2 N–H and O–H groups in total. The molecule has 3 heteroatoms. The van der Waals surface area contributed by atoms with Gasteiger partial charge in [0.05, 0.1) is 5.69 Å². The number of hydrogen-bond acceptors (Lipinski definition) is 3. The van der Waals surface area contributed by atoms with Crippen molar-refractivity contribution in [2.45, 2.75) is 0 Å². The van der Waals surface area contributed by atoms with Crippen LogP contribution in [0.5, 0.6) is 5.75 Å². The van der Waals surface area contributed by atoms with Gasteiger partial charge in [-0.05, 0) is 12.1 Å². The Kier molecular flexibility index (Phi) is 2.34. The molecule has 0 heterocycles. The van der Waals surface area contributed by atoms with E-state index in [0.717, 1.165) is 0 Å². The summed E-state index contributed by atoms with van der Waals surface area (Å²) >= 11 is 0. The van der Waals surface area contributed by atoms with E-state index in [4.69, 9.17) is 15.7 Å². The average molecular weight is 148 g/mol. The van der Waals surface area contributed by atoms with Gasteiger partial charge in [-0.15, -0.1) is 0 Å². The maximum atomic E-state index is 8.20. The molecule has 0 aliphatic heterocycles. The van der Waals surface area contributed by atoms with Crippen LogP contribution in [-0.4, -0.2) is 6.61 Å². The zero-order valence-corrected chi connectivity index (χ0v) is 5.95. The lowest BCUT2D eigenvalue weighted by atomic mass is 10.3. The maximum Gasteiger partial charge on any atom is 0.174 e. The van der Waals surface area contributed by atoms with Crippen molar-refractivity contribution in [3.8, 4) is 11.8 Å². The molecule has 0 amide bonds. The summed E-state index contributed by atoms with van der Waals surface area (Å²) in [6.07, 6.45) is 0. The van der Waals surface area contributed by atoms with Gasteiger partial charge in [-0.2, -0.15) is 5.26 Å². The van der Waals surface area contributed by atoms with Crippen molar-refractivity contribution < 1.29 is 4.74 Å². The molecule has 0 bridgehead atoms. The van der Waals surface area contributed by atoms with E-state index < -0.39 is 0 Å². The van der Waals surface area contributed by atoms with Gasteiger partial charge in [-0.3, -0.25) is 0 Å². The molecular formula is C8H8N2O. The number of nitrogens with two attached hydrogens (primary N) is 1. The van der Waals surface area contributed by atoms with Gasteiger partial charge in [0, 0.05) is 0 Å². The lowest BCUT2D eigenvalue weighted by molar-refractivity contribution is 0.370. The van der Waals surface area contributed by atoms with E-state index >= 15 is 0 Å². The van der Waals surface area contributed by atoms with E-state index in [-0.39, 0.29) is 6.61 Å². The number of nitriles is 1. The quantitative estimate of drug-likeness (QED) is 0.640. The fourth-order valence-electron chi connectivity index (χ4n) is 0.722. The zero-order valence-electron chi connectivity index (χ0n) is 5.95. The topological polar surface area (TPSA) is 59.0 Å². The molecule has 0 saturated carbocycles. The number of rotatable bonds is 2. The molecule has 1 aromatic carbocycles. The average Bonchev–Trinajstić information content (AvgIpc) is 2.03. The molecule has 0 fully saturated rings. The van der Waals surface area contributed by atoms with Gasteiger partial charge in [0.1, 0.15) is 11.8 Å². The monoisotopic (exact) mass is 148 g/mol.